The second-order valence-corrected chi connectivity index (χ2v) is 4.69. The first-order valence-electron chi connectivity index (χ1n) is 6.54. The lowest BCUT2D eigenvalue weighted by Crippen LogP contribution is -2.25. The number of fused-ring (bicyclic) bond motifs is 1. The zero-order chi connectivity index (χ0) is 13.7. The van der Waals surface area contributed by atoms with Crippen LogP contribution in [0, 0.1) is 0 Å². The highest BCUT2D eigenvalue weighted by Gasteiger charge is 2.11. The Morgan fingerprint density at radius 2 is 2.11 bits per heavy atom. The minimum Gasteiger partial charge on any atom is -0.496 e. The average Bonchev–Trinajstić information content (AvgIpc) is 2.47. The highest BCUT2D eigenvalue weighted by Crippen LogP contribution is 2.30. The third-order valence-corrected chi connectivity index (χ3v) is 3.48. The van der Waals surface area contributed by atoms with Gasteiger partial charge in [0.25, 0.3) is 0 Å². The van der Waals surface area contributed by atoms with Gasteiger partial charge in [-0.3, -0.25) is 0 Å². The molecular formula is C15H19ClN2O. The number of pyridine rings is 1. The molecule has 0 amide bonds. The van der Waals surface area contributed by atoms with Crippen LogP contribution in [0.2, 0.25) is 0 Å². The summed E-state index contributed by atoms with van der Waals surface area (Å²) in [6.45, 7) is 3.97. The molecule has 3 nitrogen and oxygen atoms in total. The Hall–Kier alpha value is -1.48. The summed E-state index contributed by atoms with van der Waals surface area (Å²) in [6.07, 6.45) is 2.79. The number of hydrogen-bond acceptors (Lipinski definition) is 3. The predicted molar refractivity (Wildman–Crippen MR) is 81.5 cm³/mol. The summed E-state index contributed by atoms with van der Waals surface area (Å²) < 4.78 is 5.41. The van der Waals surface area contributed by atoms with Crippen molar-refractivity contribution in [2.24, 2.45) is 0 Å². The third kappa shape index (κ3) is 2.92. The molecule has 0 N–H and O–H groups in total. The van der Waals surface area contributed by atoms with Gasteiger partial charge in [-0.25, -0.2) is 4.98 Å². The highest BCUT2D eigenvalue weighted by molar-refractivity contribution is 6.17. The van der Waals surface area contributed by atoms with E-state index in [9.17, 15) is 0 Å². The maximum atomic E-state index is 5.79. The lowest BCUT2D eigenvalue weighted by Gasteiger charge is -2.23. The molecule has 0 unspecified atom stereocenters. The summed E-state index contributed by atoms with van der Waals surface area (Å²) in [4.78, 5) is 6.79. The van der Waals surface area contributed by atoms with Gasteiger partial charge >= 0.3 is 0 Å². The first kappa shape index (κ1) is 13.9. The monoisotopic (exact) mass is 278 g/mol. The van der Waals surface area contributed by atoms with Crippen molar-refractivity contribution in [2.45, 2.75) is 13.3 Å². The van der Waals surface area contributed by atoms with Crippen molar-refractivity contribution in [3.8, 4) is 5.75 Å². The van der Waals surface area contributed by atoms with Crippen molar-refractivity contribution in [3.63, 3.8) is 0 Å². The van der Waals surface area contributed by atoms with E-state index in [0.717, 1.165) is 41.9 Å². The quantitative estimate of drug-likeness (QED) is 0.754. The van der Waals surface area contributed by atoms with E-state index >= 15 is 0 Å². The molecule has 4 heteroatoms. The van der Waals surface area contributed by atoms with Crippen molar-refractivity contribution in [2.75, 3.05) is 31.0 Å². The molecule has 0 aliphatic rings. The van der Waals surface area contributed by atoms with E-state index in [1.54, 1.807) is 7.11 Å². The fourth-order valence-electron chi connectivity index (χ4n) is 2.26. The molecule has 102 valence electrons. The molecule has 0 saturated carbocycles. The molecular weight excluding hydrogens is 260 g/mol. The molecule has 0 radical (unpaired) electrons. The second kappa shape index (κ2) is 6.62. The molecule has 19 heavy (non-hydrogen) atoms. The van der Waals surface area contributed by atoms with Crippen LogP contribution in [-0.4, -0.2) is 31.1 Å². The molecule has 0 aliphatic carbocycles. The van der Waals surface area contributed by atoms with Crippen LogP contribution in [0.15, 0.2) is 30.5 Å². The van der Waals surface area contributed by atoms with Crippen molar-refractivity contribution < 1.29 is 4.74 Å². The Morgan fingerprint density at radius 1 is 1.26 bits per heavy atom. The number of nitrogens with zero attached hydrogens (tertiary/aromatic N) is 2. The summed E-state index contributed by atoms with van der Waals surface area (Å²) >= 11 is 5.79. The van der Waals surface area contributed by atoms with Crippen LogP contribution in [0.25, 0.3) is 10.8 Å². The first-order chi connectivity index (χ1) is 9.31. The van der Waals surface area contributed by atoms with E-state index < -0.39 is 0 Å². The van der Waals surface area contributed by atoms with E-state index in [2.05, 4.69) is 22.9 Å². The topological polar surface area (TPSA) is 25.4 Å². The molecule has 1 aromatic heterocycles. The predicted octanol–water partition coefficient (Wildman–Crippen LogP) is 3.70. The number of methoxy groups -OCH3 is 1. The van der Waals surface area contributed by atoms with Crippen LogP contribution in [-0.2, 0) is 0 Å². The maximum Gasteiger partial charge on any atom is 0.136 e. The number of hydrogen-bond donors (Lipinski definition) is 0. The number of alkyl halides is 1. The Bertz CT molecular complexity index is 545. The van der Waals surface area contributed by atoms with Crippen LogP contribution in [0.5, 0.6) is 5.75 Å². The van der Waals surface area contributed by atoms with Gasteiger partial charge in [0.1, 0.15) is 11.6 Å². The number of anilines is 1. The molecule has 0 aliphatic heterocycles. The molecule has 1 aromatic carbocycles. The van der Waals surface area contributed by atoms with Crippen LogP contribution < -0.4 is 9.64 Å². The summed E-state index contributed by atoms with van der Waals surface area (Å²) in [5.74, 6) is 2.56. The summed E-state index contributed by atoms with van der Waals surface area (Å²) in [5.41, 5.74) is 0. The Kier molecular flexibility index (Phi) is 4.86. The number of aromatic nitrogens is 1. The standard InChI is InChI=1S/C15H19ClN2O/c1-3-18(11-5-9-16)15-13-6-4-7-14(19-2)12(13)8-10-17-15/h4,6-8,10H,3,5,9,11H2,1-2H3. The number of halogens is 1. The molecule has 0 saturated heterocycles. The smallest absolute Gasteiger partial charge is 0.136 e. The van der Waals surface area contributed by atoms with Gasteiger partial charge in [0.15, 0.2) is 0 Å². The van der Waals surface area contributed by atoms with Gasteiger partial charge in [0, 0.05) is 35.9 Å². The molecule has 1 heterocycles. The Morgan fingerprint density at radius 3 is 2.79 bits per heavy atom. The summed E-state index contributed by atoms with van der Waals surface area (Å²) in [6, 6.07) is 8.06. The van der Waals surface area contributed by atoms with Crippen molar-refractivity contribution in [1.82, 2.24) is 4.98 Å². The van der Waals surface area contributed by atoms with Crippen LogP contribution in [0.4, 0.5) is 5.82 Å². The molecule has 0 spiro atoms. The van der Waals surface area contributed by atoms with Gasteiger partial charge < -0.3 is 9.64 Å². The molecule has 0 bridgehead atoms. The number of rotatable bonds is 6. The Labute approximate surface area is 119 Å². The van der Waals surface area contributed by atoms with E-state index in [0.29, 0.717) is 5.88 Å². The van der Waals surface area contributed by atoms with Gasteiger partial charge in [-0.1, -0.05) is 12.1 Å². The molecule has 2 aromatic rings. The third-order valence-electron chi connectivity index (χ3n) is 3.21. The number of ether oxygens (including phenoxy) is 1. The highest BCUT2D eigenvalue weighted by atomic mass is 35.5. The normalized spacial score (nSPS) is 10.7. The lowest BCUT2D eigenvalue weighted by atomic mass is 10.1. The Balaban J connectivity index is 2.47. The maximum absolute atomic E-state index is 5.79. The van der Waals surface area contributed by atoms with Gasteiger partial charge in [0.2, 0.25) is 0 Å². The van der Waals surface area contributed by atoms with Crippen LogP contribution in [0.3, 0.4) is 0 Å². The second-order valence-electron chi connectivity index (χ2n) is 4.31. The van der Waals surface area contributed by atoms with E-state index in [1.807, 2.05) is 24.4 Å². The van der Waals surface area contributed by atoms with Gasteiger partial charge in [-0.15, -0.1) is 11.6 Å². The summed E-state index contributed by atoms with van der Waals surface area (Å²) in [7, 11) is 1.69. The van der Waals surface area contributed by atoms with Crippen molar-refractivity contribution in [1.29, 1.82) is 0 Å². The van der Waals surface area contributed by atoms with Gasteiger partial charge in [-0.2, -0.15) is 0 Å². The zero-order valence-electron chi connectivity index (χ0n) is 11.4. The first-order valence-corrected chi connectivity index (χ1v) is 7.08. The fraction of sp³-hybridized carbons (Fsp3) is 0.400. The summed E-state index contributed by atoms with van der Waals surface area (Å²) in [5, 5.41) is 2.22. The largest absolute Gasteiger partial charge is 0.496 e. The molecule has 0 fully saturated rings. The van der Waals surface area contributed by atoms with Crippen molar-refractivity contribution >= 4 is 28.2 Å². The van der Waals surface area contributed by atoms with E-state index in [4.69, 9.17) is 16.3 Å². The zero-order valence-corrected chi connectivity index (χ0v) is 12.2. The lowest BCUT2D eigenvalue weighted by molar-refractivity contribution is 0.420. The van der Waals surface area contributed by atoms with Crippen LogP contribution in [0.1, 0.15) is 13.3 Å². The van der Waals surface area contributed by atoms with Crippen LogP contribution >= 0.6 is 11.6 Å². The minimum absolute atomic E-state index is 0.671. The van der Waals surface area contributed by atoms with Gasteiger partial charge in [0.05, 0.1) is 7.11 Å². The number of benzene rings is 1. The van der Waals surface area contributed by atoms with Crippen molar-refractivity contribution in [3.05, 3.63) is 30.5 Å². The minimum atomic E-state index is 0.671. The van der Waals surface area contributed by atoms with Gasteiger partial charge in [-0.05, 0) is 25.5 Å². The molecule has 2 rings (SSSR count). The van der Waals surface area contributed by atoms with E-state index in [-0.39, 0.29) is 0 Å². The molecule has 0 atom stereocenters. The van der Waals surface area contributed by atoms with E-state index in [1.165, 1.54) is 0 Å². The SMILES string of the molecule is CCN(CCCCl)c1nccc2c(OC)cccc12. The average molecular weight is 279 g/mol. The fourth-order valence-corrected chi connectivity index (χ4v) is 2.38.